The quantitative estimate of drug-likeness (QED) is 0.308. The molecule has 5 rings (SSSR count). The molecule has 0 saturated heterocycles. The minimum absolute atomic E-state index is 0. The van der Waals surface area contributed by atoms with Gasteiger partial charge in [0.25, 0.3) is 0 Å². The van der Waals surface area contributed by atoms with E-state index in [4.69, 9.17) is 0 Å². The molecule has 28 heavy (non-hydrogen) atoms. The normalized spacial score (nSPS) is 10.4. The topological polar surface area (TPSA) is 0 Å². The number of rotatable bonds is 0. The molecule has 0 bridgehead atoms. The van der Waals surface area contributed by atoms with Crippen LogP contribution in [0.15, 0.2) is 78.9 Å². The molecule has 2 heteroatoms. The Hall–Kier alpha value is -1.69. The van der Waals surface area contributed by atoms with Crippen LogP contribution in [0.4, 0.5) is 0 Å². The first kappa shape index (κ1) is 22.6. The van der Waals surface area contributed by atoms with Gasteiger partial charge >= 0.3 is 41.3 Å². The van der Waals surface area contributed by atoms with Gasteiger partial charge in [-0.3, -0.25) is 0 Å². The molecule has 0 nitrogen and oxygen atoms in total. The molecule has 0 radical (unpaired) electrons. The average Bonchev–Trinajstić information content (AvgIpc) is 3.23. The summed E-state index contributed by atoms with van der Waals surface area (Å²) in [6.07, 6.45) is 1.05. The van der Waals surface area contributed by atoms with Gasteiger partial charge in [-0.1, -0.05) is 48.4 Å². The van der Waals surface area contributed by atoms with Gasteiger partial charge in [-0.25, -0.2) is 0 Å². The predicted molar refractivity (Wildman–Crippen MR) is 114 cm³/mol. The minimum atomic E-state index is 0. The fourth-order valence-electron chi connectivity index (χ4n) is 3.30. The van der Waals surface area contributed by atoms with Crippen molar-refractivity contribution in [2.24, 2.45) is 0 Å². The molecule has 1 aliphatic carbocycles. The van der Waals surface area contributed by atoms with Crippen LogP contribution in [0.2, 0.25) is 0 Å². The van der Waals surface area contributed by atoms with Gasteiger partial charge in [0.1, 0.15) is 0 Å². The van der Waals surface area contributed by atoms with Crippen molar-refractivity contribution < 1.29 is 36.6 Å². The van der Waals surface area contributed by atoms with E-state index >= 15 is 0 Å². The van der Waals surface area contributed by atoms with Crippen LogP contribution in [0, 0.1) is 13.0 Å². The fraction of sp³-hybridized carbons (Fsp3) is 0.154. The van der Waals surface area contributed by atoms with E-state index in [9.17, 15) is 0 Å². The molecule has 0 N–H and O–H groups in total. The number of aryl methyl sites for hydroxylation is 1. The molecule has 0 fully saturated rings. The van der Waals surface area contributed by atoms with Crippen molar-refractivity contribution in [2.75, 3.05) is 0 Å². The first-order valence-electron chi connectivity index (χ1n) is 9.27. The van der Waals surface area contributed by atoms with Gasteiger partial charge in [0, 0.05) is 0 Å². The van der Waals surface area contributed by atoms with E-state index in [1.807, 2.05) is 6.07 Å². The molecule has 0 atom stereocenters. The molecule has 0 amide bonds. The van der Waals surface area contributed by atoms with Gasteiger partial charge in [0.2, 0.25) is 0 Å². The van der Waals surface area contributed by atoms with E-state index in [1.165, 1.54) is 41.8 Å². The second kappa shape index (κ2) is 10.7. The zero-order valence-corrected chi connectivity index (χ0v) is 19.8. The summed E-state index contributed by atoms with van der Waals surface area (Å²) in [5, 5.41) is 2.72. The van der Waals surface area contributed by atoms with Gasteiger partial charge in [-0.05, 0) is 6.42 Å². The molecule has 0 aromatic heterocycles. The SMILES string of the molecule is C[C](C)=[Zr].Cc1c[cH-]c2ccccc12.[Cl-].[c-]1cccc2c1Cc1ccccc1-2. The third kappa shape index (κ3) is 5.66. The van der Waals surface area contributed by atoms with Gasteiger partial charge in [0.05, 0.1) is 0 Å². The van der Waals surface area contributed by atoms with E-state index in [2.05, 4.69) is 99.6 Å². The van der Waals surface area contributed by atoms with Crippen molar-refractivity contribution in [1.29, 1.82) is 0 Å². The summed E-state index contributed by atoms with van der Waals surface area (Å²) in [6.45, 7) is 6.39. The van der Waals surface area contributed by atoms with Crippen molar-refractivity contribution in [1.82, 2.24) is 0 Å². The standard InChI is InChI=1S/C13H9.C10H9.C3H6.ClH.Zr/c1-3-7-12-10(5-1)9-11-6-2-4-8-13(11)12;1-8-6-7-9-4-2-3-5-10(8)9;1-3-2;;/h1-5,7-8H,9H2;2-7H,1H3;1-2H3;1H;/q2*-1;;;/p-1. The van der Waals surface area contributed by atoms with Gasteiger partial charge in [-0.15, -0.1) is 40.6 Å². The largest absolute Gasteiger partial charge is 1.00 e. The summed E-state index contributed by atoms with van der Waals surface area (Å²) in [7, 11) is 0. The van der Waals surface area contributed by atoms with Gasteiger partial charge in [0.15, 0.2) is 0 Å². The van der Waals surface area contributed by atoms with Crippen LogP contribution < -0.4 is 12.4 Å². The molecular weight excluding hydrogens is 439 g/mol. The Balaban J connectivity index is 0.000000168. The third-order valence-corrected chi connectivity index (χ3v) is 4.52. The molecular formula is C26H24ClZr-3. The Morgan fingerprint density at radius 1 is 0.929 bits per heavy atom. The molecule has 4 aromatic carbocycles. The molecule has 0 heterocycles. The molecule has 1 aliphatic rings. The maximum atomic E-state index is 3.30. The summed E-state index contributed by atoms with van der Waals surface area (Å²) in [5.74, 6) is 0. The van der Waals surface area contributed by atoms with Gasteiger partial charge in [-0.2, -0.15) is 41.5 Å². The van der Waals surface area contributed by atoms with Crippen molar-refractivity contribution >= 4 is 14.0 Å². The fourth-order valence-corrected chi connectivity index (χ4v) is 3.30. The maximum absolute atomic E-state index is 3.30. The van der Waals surface area contributed by atoms with E-state index in [0.717, 1.165) is 6.42 Å². The molecule has 0 spiro atoms. The molecule has 0 aliphatic heterocycles. The Labute approximate surface area is 189 Å². The van der Waals surface area contributed by atoms with E-state index in [-0.39, 0.29) is 12.4 Å². The second-order valence-corrected chi connectivity index (χ2v) is 9.46. The molecule has 4 aromatic rings. The summed E-state index contributed by atoms with van der Waals surface area (Å²) in [4.78, 5) is 0. The van der Waals surface area contributed by atoms with Crippen molar-refractivity contribution in [3.63, 3.8) is 0 Å². The minimum Gasteiger partial charge on any atom is -1.00 e. The summed E-state index contributed by atoms with van der Waals surface area (Å²) >= 11 is 1.55. The van der Waals surface area contributed by atoms with Crippen molar-refractivity contribution in [3.8, 4) is 11.1 Å². The summed E-state index contributed by atoms with van der Waals surface area (Å²) in [5.41, 5.74) is 6.88. The number of benzene rings is 3. The number of hydrogen-bond donors (Lipinski definition) is 0. The van der Waals surface area contributed by atoms with Crippen molar-refractivity contribution in [3.05, 3.63) is 102 Å². The maximum Gasteiger partial charge on any atom is -0.0253 e. The second-order valence-electron chi connectivity index (χ2n) is 7.00. The van der Waals surface area contributed by atoms with E-state index in [0.29, 0.717) is 0 Å². The van der Waals surface area contributed by atoms with Crippen LogP contribution in [0.5, 0.6) is 0 Å². The van der Waals surface area contributed by atoms with Crippen LogP contribution in [0.3, 0.4) is 0 Å². The zero-order chi connectivity index (χ0) is 19.2. The summed E-state index contributed by atoms with van der Waals surface area (Å²) < 4.78 is 1.51. The Morgan fingerprint density at radius 2 is 1.57 bits per heavy atom. The first-order valence-corrected chi connectivity index (χ1v) is 10.5. The number of hydrogen-bond acceptors (Lipinski definition) is 0. The van der Waals surface area contributed by atoms with Crippen LogP contribution in [0.25, 0.3) is 21.9 Å². The van der Waals surface area contributed by atoms with Crippen LogP contribution >= 0.6 is 0 Å². The smallest absolute Gasteiger partial charge is 0.0253 e. The Kier molecular flexibility index (Phi) is 8.67. The first-order chi connectivity index (χ1) is 13.1. The van der Waals surface area contributed by atoms with E-state index in [1.54, 1.807) is 24.2 Å². The average molecular weight is 463 g/mol. The van der Waals surface area contributed by atoms with Crippen molar-refractivity contribution in [2.45, 2.75) is 27.2 Å². The number of fused-ring (bicyclic) bond motifs is 4. The number of halogens is 1. The van der Waals surface area contributed by atoms with E-state index < -0.39 is 0 Å². The molecule has 142 valence electrons. The monoisotopic (exact) mass is 461 g/mol. The van der Waals surface area contributed by atoms with Crippen LogP contribution in [-0.4, -0.2) is 3.21 Å². The van der Waals surface area contributed by atoms with Crippen LogP contribution in [0.1, 0.15) is 30.5 Å². The molecule has 0 saturated carbocycles. The summed E-state index contributed by atoms with van der Waals surface area (Å²) in [6, 6.07) is 30.9. The Morgan fingerprint density at radius 3 is 2.32 bits per heavy atom. The van der Waals surface area contributed by atoms with Crippen LogP contribution in [-0.2, 0) is 30.7 Å². The molecule has 0 unspecified atom stereocenters. The third-order valence-electron chi connectivity index (χ3n) is 4.52. The van der Waals surface area contributed by atoms with Gasteiger partial charge < -0.3 is 12.4 Å². The zero-order valence-electron chi connectivity index (χ0n) is 16.6. The Bertz CT molecular complexity index is 1010. The predicted octanol–water partition coefficient (Wildman–Crippen LogP) is 3.67.